The zero-order valence-electron chi connectivity index (χ0n) is 17.5. The molecule has 1 N–H and O–H groups in total. The standard InChI is InChI=1S/C22H27N3O5/c1-24(13-21(26)23-16-8-10-17(28-3)11-9-16)14-22(27)25(2)12-18-15-29-19-6-4-5-7-20(19)30-18/h4-11,18H,12-15H2,1-3H3,(H,23,26)/t18-/m0/s1. The van der Waals surface area contributed by atoms with E-state index in [2.05, 4.69) is 5.32 Å². The number of benzene rings is 2. The Balaban J connectivity index is 1.42. The van der Waals surface area contributed by atoms with Crippen molar-refractivity contribution in [1.82, 2.24) is 9.80 Å². The number of ether oxygens (including phenoxy) is 3. The third-order valence-corrected chi connectivity index (χ3v) is 4.66. The van der Waals surface area contributed by atoms with E-state index in [1.807, 2.05) is 24.3 Å². The number of carbonyl (C=O) groups excluding carboxylic acids is 2. The fourth-order valence-electron chi connectivity index (χ4n) is 3.09. The molecule has 0 aromatic heterocycles. The monoisotopic (exact) mass is 413 g/mol. The lowest BCUT2D eigenvalue weighted by Gasteiger charge is -2.30. The average molecular weight is 413 g/mol. The first-order chi connectivity index (χ1) is 14.4. The largest absolute Gasteiger partial charge is 0.497 e. The highest BCUT2D eigenvalue weighted by molar-refractivity contribution is 5.92. The number of hydrogen-bond donors (Lipinski definition) is 1. The van der Waals surface area contributed by atoms with Gasteiger partial charge >= 0.3 is 0 Å². The molecule has 0 saturated heterocycles. The van der Waals surface area contributed by atoms with E-state index in [9.17, 15) is 9.59 Å². The fraction of sp³-hybridized carbons (Fsp3) is 0.364. The lowest BCUT2D eigenvalue weighted by Crippen LogP contribution is -2.45. The molecule has 8 nitrogen and oxygen atoms in total. The van der Waals surface area contributed by atoms with E-state index in [0.29, 0.717) is 30.3 Å². The number of para-hydroxylation sites is 2. The Kier molecular flexibility index (Phi) is 7.13. The molecule has 2 aromatic rings. The zero-order valence-corrected chi connectivity index (χ0v) is 17.5. The molecule has 1 aliphatic heterocycles. The molecule has 0 unspecified atom stereocenters. The van der Waals surface area contributed by atoms with Crippen LogP contribution in [0.15, 0.2) is 48.5 Å². The minimum atomic E-state index is -0.238. The minimum absolute atomic E-state index is 0.0992. The Hall–Kier alpha value is -3.26. The number of anilines is 1. The smallest absolute Gasteiger partial charge is 0.238 e. The van der Waals surface area contributed by atoms with Gasteiger partial charge in [0.25, 0.3) is 0 Å². The SMILES string of the molecule is COc1ccc(NC(=O)CN(C)CC(=O)N(C)C[C@H]2COc3ccccc3O2)cc1. The topological polar surface area (TPSA) is 80.3 Å². The second-order valence-electron chi connectivity index (χ2n) is 7.22. The Morgan fingerprint density at radius 1 is 1.07 bits per heavy atom. The molecule has 8 heteroatoms. The van der Waals surface area contributed by atoms with Gasteiger partial charge in [-0.25, -0.2) is 0 Å². The number of amides is 2. The third-order valence-electron chi connectivity index (χ3n) is 4.66. The number of nitrogens with zero attached hydrogens (tertiary/aromatic N) is 2. The van der Waals surface area contributed by atoms with Crippen molar-refractivity contribution in [2.45, 2.75) is 6.10 Å². The van der Waals surface area contributed by atoms with E-state index in [4.69, 9.17) is 14.2 Å². The third kappa shape index (κ3) is 5.87. The Labute approximate surface area is 176 Å². The summed E-state index contributed by atoms with van der Waals surface area (Å²) in [6.07, 6.45) is -0.238. The molecule has 2 aromatic carbocycles. The summed E-state index contributed by atoms with van der Waals surface area (Å²) >= 11 is 0. The van der Waals surface area contributed by atoms with Crippen LogP contribution >= 0.6 is 0 Å². The Bertz CT molecular complexity index is 871. The van der Waals surface area contributed by atoms with Gasteiger partial charge in [0.1, 0.15) is 12.4 Å². The molecule has 1 aliphatic rings. The molecule has 1 heterocycles. The number of methoxy groups -OCH3 is 1. The first kappa shape index (κ1) is 21.4. The summed E-state index contributed by atoms with van der Waals surface area (Å²) < 4.78 is 16.7. The van der Waals surface area contributed by atoms with Crippen molar-refractivity contribution in [1.29, 1.82) is 0 Å². The lowest BCUT2D eigenvalue weighted by atomic mass is 10.2. The number of nitrogens with one attached hydrogen (secondary N) is 1. The van der Waals surface area contributed by atoms with Gasteiger partial charge in [0.15, 0.2) is 17.6 Å². The minimum Gasteiger partial charge on any atom is -0.497 e. The van der Waals surface area contributed by atoms with Crippen molar-refractivity contribution < 1.29 is 23.8 Å². The maximum Gasteiger partial charge on any atom is 0.238 e. The van der Waals surface area contributed by atoms with Gasteiger partial charge < -0.3 is 24.4 Å². The van der Waals surface area contributed by atoms with Crippen molar-refractivity contribution in [3.8, 4) is 17.2 Å². The zero-order chi connectivity index (χ0) is 21.5. The van der Waals surface area contributed by atoms with Gasteiger partial charge in [0, 0.05) is 12.7 Å². The van der Waals surface area contributed by atoms with E-state index < -0.39 is 0 Å². The maximum absolute atomic E-state index is 12.5. The highest BCUT2D eigenvalue weighted by Crippen LogP contribution is 2.30. The molecule has 0 saturated carbocycles. The molecule has 0 radical (unpaired) electrons. The van der Waals surface area contributed by atoms with Crippen LogP contribution in [0.3, 0.4) is 0 Å². The van der Waals surface area contributed by atoms with Gasteiger partial charge in [-0.15, -0.1) is 0 Å². The van der Waals surface area contributed by atoms with Crippen molar-refractivity contribution >= 4 is 17.5 Å². The van der Waals surface area contributed by atoms with Crippen molar-refractivity contribution in [3.63, 3.8) is 0 Å². The molecular weight excluding hydrogens is 386 g/mol. The molecule has 2 amide bonds. The summed E-state index contributed by atoms with van der Waals surface area (Å²) in [6.45, 7) is 1.01. The number of rotatable bonds is 8. The molecule has 3 rings (SSSR count). The van der Waals surface area contributed by atoms with Gasteiger partial charge in [0.2, 0.25) is 11.8 Å². The highest BCUT2D eigenvalue weighted by Gasteiger charge is 2.24. The van der Waals surface area contributed by atoms with Gasteiger partial charge in [0.05, 0.1) is 26.7 Å². The molecule has 0 bridgehead atoms. The first-order valence-corrected chi connectivity index (χ1v) is 9.69. The molecule has 0 fully saturated rings. The van der Waals surface area contributed by atoms with E-state index in [1.165, 1.54) is 0 Å². The van der Waals surface area contributed by atoms with Crippen LogP contribution in [0.25, 0.3) is 0 Å². The molecule has 0 spiro atoms. The van der Waals surface area contributed by atoms with Crippen LogP contribution in [-0.4, -0.2) is 75.2 Å². The second kappa shape index (κ2) is 9.98. The van der Waals surface area contributed by atoms with E-state index >= 15 is 0 Å². The van der Waals surface area contributed by atoms with E-state index in [1.54, 1.807) is 55.3 Å². The number of carbonyl (C=O) groups is 2. The molecule has 160 valence electrons. The van der Waals surface area contributed by atoms with Crippen molar-refractivity contribution in [3.05, 3.63) is 48.5 Å². The van der Waals surface area contributed by atoms with Crippen LogP contribution in [0.1, 0.15) is 0 Å². The van der Waals surface area contributed by atoms with Crippen LogP contribution < -0.4 is 19.5 Å². The molecule has 30 heavy (non-hydrogen) atoms. The van der Waals surface area contributed by atoms with Crippen LogP contribution in [0.2, 0.25) is 0 Å². The summed E-state index contributed by atoms with van der Waals surface area (Å²) in [5, 5.41) is 2.80. The predicted octanol–water partition coefficient (Wildman–Crippen LogP) is 1.86. The van der Waals surface area contributed by atoms with Crippen LogP contribution in [-0.2, 0) is 9.59 Å². The van der Waals surface area contributed by atoms with E-state index in [-0.39, 0.29) is 31.0 Å². The quantitative estimate of drug-likeness (QED) is 0.712. The summed E-state index contributed by atoms with van der Waals surface area (Å²) in [5.74, 6) is 1.82. The molecular formula is C22H27N3O5. The Morgan fingerprint density at radius 3 is 2.47 bits per heavy atom. The normalized spacial score (nSPS) is 14.9. The Morgan fingerprint density at radius 2 is 1.77 bits per heavy atom. The molecule has 0 aliphatic carbocycles. The van der Waals surface area contributed by atoms with Crippen LogP contribution in [0, 0.1) is 0 Å². The predicted molar refractivity (Wildman–Crippen MR) is 113 cm³/mol. The average Bonchev–Trinajstić information content (AvgIpc) is 2.74. The first-order valence-electron chi connectivity index (χ1n) is 9.69. The summed E-state index contributed by atoms with van der Waals surface area (Å²) in [6, 6.07) is 14.5. The number of likely N-dealkylation sites (N-methyl/N-ethyl adjacent to an activating group) is 2. The van der Waals surface area contributed by atoms with Crippen LogP contribution in [0.4, 0.5) is 5.69 Å². The van der Waals surface area contributed by atoms with Crippen LogP contribution in [0.5, 0.6) is 17.2 Å². The highest BCUT2D eigenvalue weighted by atomic mass is 16.6. The summed E-state index contributed by atoms with van der Waals surface area (Å²) in [4.78, 5) is 28.0. The fourth-order valence-corrected chi connectivity index (χ4v) is 3.09. The van der Waals surface area contributed by atoms with Gasteiger partial charge in [-0.1, -0.05) is 12.1 Å². The van der Waals surface area contributed by atoms with Gasteiger partial charge in [-0.3, -0.25) is 14.5 Å². The second-order valence-corrected chi connectivity index (χ2v) is 7.22. The summed E-state index contributed by atoms with van der Waals surface area (Å²) in [5.41, 5.74) is 0.673. The van der Waals surface area contributed by atoms with Gasteiger partial charge in [-0.2, -0.15) is 0 Å². The van der Waals surface area contributed by atoms with Gasteiger partial charge in [-0.05, 0) is 43.4 Å². The molecule has 1 atom stereocenters. The van der Waals surface area contributed by atoms with E-state index in [0.717, 1.165) is 5.75 Å². The summed E-state index contributed by atoms with van der Waals surface area (Å²) in [7, 11) is 5.04. The number of fused-ring (bicyclic) bond motifs is 1. The van der Waals surface area contributed by atoms with Crippen molar-refractivity contribution in [2.75, 3.05) is 52.8 Å². The number of hydrogen-bond acceptors (Lipinski definition) is 6. The lowest BCUT2D eigenvalue weighted by molar-refractivity contribution is -0.132. The maximum atomic E-state index is 12.5. The van der Waals surface area contributed by atoms with Crippen molar-refractivity contribution in [2.24, 2.45) is 0 Å².